The Morgan fingerprint density at radius 1 is 0.297 bits per heavy atom. The van der Waals surface area contributed by atoms with Crippen molar-refractivity contribution in [1.82, 2.24) is 0 Å². The van der Waals surface area contributed by atoms with Crippen molar-refractivity contribution in [1.29, 1.82) is 0 Å². The molecule has 1 atom stereocenters. The van der Waals surface area contributed by atoms with Gasteiger partial charge in [0.2, 0.25) is 0 Å². The fourth-order valence-electron chi connectivity index (χ4n) is 8.92. The highest BCUT2D eigenvalue weighted by Gasteiger charge is 2.19. The predicted molar refractivity (Wildman–Crippen MR) is 275 cm³/mol. The summed E-state index contributed by atoms with van der Waals surface area (Å²) in [6.07, 6.45) is 56.7. The van der Waals surface area contributed by atoms with Crippen LogP contribution in [0.15, 0.2) is 0 Å². The maximum absolute atomic E-state index is 12.8. The minimum Gasteiger partial charge on any atom is -0.462 e. The lowest BCUT2D eigenvalue weighted by molar-refractivity contribution is -0.167. The highest BCUT2D eigenvalue weighted by Crippen LogP contribution is 2.18. The van der Waals surface area contributed by atoms with Crippen molar-refractivity contribution in [2.75, 3.05) is 13.2 Å². The molecule has 0 saturated heterocycles. The molecule has 0 unspecified atom stereocenters. The van der Waals surface area contributed by atoms with Crippen molar-refractivity contribution < 1.29 is 28.6 Å². The van der Waals surface area contributed by atoms with Crippen LogP contribution in [-0.4, -0.2) is 37.2 Å². The molecule has 0 aliphatic carbocycles. The van der Waals surface area contributed by atoms with Crippen molar-refractivity contribution >= 4 is 17.9 Å². The largest absolute Gasteiger partial charge is 0.462 e. The molecule has 0 N–H and O–H groups in total. The number of rotatable bonds is 53. The van der Waals surface area contributed by atoms with Crippen molar-refractivity contribution in [3.05, 3.63) is 0 Å². The van der Waals surface area contributed by atoms with Crippen molar-refractivity contribution in [2.24, 2.45) is 5.92 Å². The maximum Gasteiger partial charge on any atom is 0.306 e. The number of esters is 3. The van der Waals surface area contributed by atoms with Gasteiger partial charge >= 0.3 is 17.9 Å². The Morgan fingerprint density at radius 2 is 0.516 bits per heavy atom. The van der Waals surface area contributed by atoms with Gasteiger partial charge in [-0.2, -0.15) is 0 Å². The minimum atomic E-state index is -0.762. The van der Waals surface area contributed by atoms with Gasteiger partial charge in [0, 0.05) is 19.3 Å². The van der Waals surface area contributed by atoms with Gasteiger partial charge < -0.3 is 14.2 Å². The summed E-state index contributed by atoms with van der Waals surface area (Å²) in [4.78, 5) is 38.1. The van der Waals surface area contributed by atoms with E-state index in [2.05, 4.69) is 27.7 Å². The fraction of sp³-hybridized carbons (Fsp3) is 0.948. The van der Waals surface area contributed by atoms with Crippen LogP contribution >= 0.6 is 0 Å². The molecule has 0 bridgehead atoms. The maximum atomic E-state index is 12.8. The molecule has 0 rings (SSSR count). The first kappa shape index (κ1) is 62.4. The molecule has 6 nitrogen and oxygen atoms in total. The summed E-state index contributed by atoms with van der Waals surface area (Å²) < 4.78 is 16.9. The Balaban J connectivity index is 4.26. The topological polar surface area (TPSA) is 78.9 Å². The first-order valence-corrected chi connectivity index (χ1v) is 28.9. The minimum absolute atomic E-state index is 0.0621. The lowest BCUT2D eigenvalue weighted by atomic mass is 10.0. The number of hydrogen-bond acceptors (Lipinski definition) is 6. The molecule has 0 amide bonds. The summed E-state index contributed by atoms with van der Waals surface area (Å²) in [5, 5.41) is 0. The molecule has 0 aromatic carbocycles. The summed E-state index contributed by atoms with van der Waals surface area (Å²) in [6.45, 7) is 9.04. The molecule has 0 aromatic rings. The van der Waals surface area contributed by atoms with Crippen LogP contribution in [-0.2, 0) is 28.6 Å². The molecule has 0 heterocycles. The van der Waals surface area contributed by atoms with Crippen LogP contribution in [0.4, 0.5) is 0 Å². The normalized spacial score (nSPS) is 12.0. The third-order valence-electron chi connectivity index (χ3n) is 13.3. The zero-order chi connectivity index (χ0) is 46.7. The van der Waals surface area contributed by atoms with Gasteiger partial charge in [0.25, 0.3) is 0 Å². The average molecular weight is 906 g/mol. The van der Waals surface area contributed by atoms with E-state index in [0.717, 1.165) is 63.7 Å². The van der Waals surface area contributed by atoms with Gasteiger partial charge in [0.1, 0.15) is 13.2 Å². The third-order valence-corrected chi connectivity index (χ3v) is 13.3. The van der Waals surface area contributed by atoms with Crippen LogP contribution in [0.1, 0.15) is 329 Å². The summed E-state index contributed by atoms with van der Waals surface area (Å²) >= 11 is 0. The van der Waals surface area contributed by atoms with Crippen LogP contribution in [0, 0.1) is 5.92 Å². The zero-order valence-corrected chi connectivity index (χ0v) is 43.8. The Kier molecular flexibility index (Phi) is 51.1. The number of ether oxygens (including phenoxy) is 3. The summed E-state index contributed by atoms with van der Waals surface area (Å²) in [7, 11) is 0. The number of hydrogen-bond donors (Lipinski definition) is 0. The van der Waals surface area contributed by atoms with Crippen molar-refractivity contribution in [2.45, 2.75) is 336 Å². The Bertz CT molecular complexity index is 964. The highest BCUT2D eigenvalue weighted by molar-refractivity contribution is 5.71. The molecule has 0 spiro atoms. The first-order valence-electron chi connectivity index (χ1n) is 28.9. The summed E-state index contributed by atoms with van der Waals surface area (Å²) in [6, 6.07) is 0. The molecule has 0 radical (unpaired) electrons. The standard InChI is InChI=1S/C58H112O6/c1-5-7-9-11-13-15-17-19-21-22-23-24-25-27-28-33-37-41-45-49-56(59)62-52-55(53-63-57(60)50-46-42-38-34-31-30-32-36-40-44-48-54(3)4)64-58(61)51-47-43-39-35-29-26-20-18-16-14-12-10-8-6-2/h54-55H,5-53H2,1-4H3/t55-/m0/s1. The fourth-order valence-corrected chi connectivity index (χ4v) is 8.92. The van der Waals surface area contributed by atoms with E-state index in [0.29, 0.717) is 19.3 Å². The number of carbonyl (C=O) groups is 3. The first-order chi connectivity index (χ1) is 31.4. The molecule has 0 aromatic heterocycles. The van der Waals surface area contributed by atoms with Crippen LogP contribution in [0.5, 0.6) is 0 Å². The highest BCUT2D eigenvalue weighted by atomic mass is 16.6. The monoisotopic (exact) mass is 905 g/mol. The van der Waals surface area contributed by atoms with Gasteiger partial charge in [-0.1, -0.05) is 291 Å². The van der Waals surface area contributed by atoms with E-state index in [1.165, 1.54) is 225 Å². The van der Waals surface area contributed by atoms with Gasteiger partial charge in [0.05, 0.1) is 0 Å². The molecule has 64 heavy (non-hydrogen) atoms. The second kappa shape index (κ2) is 52.4. The Morgan fingerprint density at radius 3 is 0.766 bits per heavy atom. The van der Waals surface area contributed by atoms with E-state index < -0.39 is 6.10 Å². The molecule has 0 aliphatic rings. The quantitative estimate of drug-likeness (QED) is 0.0344. The predicted octanol–water partition coefficient (Wildman–Crippen LogP) is 19.0. The molecule has 0 saturated carbocycles. The van der Waals surface area contributed by atoms with E-state index in [1.54, 1.807) is 0 Å². The van der Waals surface area contributed by atoms with E-state index in [4.69, 9.17) is 14.2 Å². The van der Waals surface area contributed by atoms with Crippen LogP contribution in [0.25, 0.3) is 0 Å². The molecular weight excluding hydrogens is 793 g/mol. The van der Waals surface area contributed by atoms with E-state index in [1.807, 2.05) is 0 Å². The molecule has 380 valence electrons. The molecule has 6 heteroatoms. The lowest BCUT2D eigenvalue weighted by Crippen LogP contribution is -2.30. The van der Waals surface area contributed by atoms with Gasteiger partial charge in [0.15, 0.2) is 6.10 Å². The van der Waals surface area contributed by atoms with Crippen LogP contribution in [0.2, 0.25) is 0 Å². The smallest absolute Gasteiger partial charge is 0.306 e. The SMILES string of the molecule is CCCCCCCCCCCCCCCCCCCCCC(=O)OC[C@@H](COC(=O)CCCCCCCCCCCCC(C)C)OC(=O)CCCCCCCCCCCCCCCC. The third kappa shape index (κ3) is 51.4. The number of unbranched alkanes of at least 4 members (excludes halogenated alkanes) is 40. The van der Waals surface area contributed by atoms with Crippen LogP contribution < -0.4 is 0 Å². The zero-order valence-electron chi connectivity index (χ0n) is 43.8. The molecular formula is C58H112O6. The average Bonchev–Trinajstić information content (AvgIpc) is 3.28. The van der Waals surface area contributed by atoms with Crippen LogP contribution in [0.3, 0.4) is 0 Å². The Hall–Kier alpha value is -1.59. The lowest BCUT2D eigenvalue weighted by Gasteiger charge is -2.18. The van der Waals surface area contributed by atoms with Crippen molar-refractivity contribution in [3.63, 3.8) is 0 Å². The van der Waals surface area contributed by atoms with E-state index >= 15 is 0 Å². The van der Waals surface area contributed by atoms with Gasteiger partial charge in [-0.15, -0.1) is 0 Å². The van der Waals surface area contributed by atoms with E-state index in [-0.39, 0.29) is 31.1 Å². The summed E-state index contributed by atoms with van der Waals surface area (Å²) in [5.74, 6) is -0.0184. The van der Waals surface area contributed by atoms with E-state index in [9.17, 15) is 14.4 Å². The Labute approximate surface area is 399 Å². The van der Waals surface area contributed by atoms with Gasteiger partial charge in [-0.05, 0) is 25.2 Å². The van der Waals surface area contributed by atoms with Gasteiger partial charge in [-0.25, -0.2) is 0 Å². The number of carbonyl (C=O) groups excluding carboxylic acids is 3. The van der Waals surface area contributed by atoms with Gasteiger partial charge in [-0.3, -0.25) is 14.4 Å². The second-order valence-corrected chi connectivity index (χ2v) is 20.4. The summed E-state index contributed by atoms with van der Waals surface area (Å²) in [5.41, 5.74) is 0. The van der Waals surface area contributed by atoms with Crippen molar-refractivity contribution in [3.8, 4) is 0 Å². The molecule has 0 aliphatic heterocycles. The second-order valence-electron chi connectivity index (χ2n) is 20.4. The molecule has 0 fully saturated rings.